The molecule has 2 nitrogen and oxygen atoms in total. The quantitative estimate of drug-likeness (QED) is 0.578. The Hall–Kier alpha value is -1.68. The first-order chi connectivity index (χ1) is 12.9. The lowest BCUT2D eigenvalue weighted by molar-refractivity contribution is 0.277. The van der Waals surface area contributed by atoms with E-state index >= 15 is 0 Å². The van der Waals surface area contributed by atoms with Crippen LogP contribution in [0, 0.1) is 11.8 Å². The maximum atomic E-state index is 9.27. The van der Waals surface area contributed by atoms with Crippen LogP contribution in [0.3, 0.4) is 0 Å². The lowest BCUT2D eigenvalue weighted by Crippen LogP contribution is -2.66. The van der Waals surface area contributed by atoms with E-state index in [2.05, 4.69) is 87.5 Å². The number of hydrogen-bond acceptors (Lipinski definition) is 2. The van der Waals surface area contributed by atoms with Crippen molar-refractivity contribution in [2.45, 2.75) is 39.2 Å². The summed E-state index contributed by atoms with van der Waals surface area (Å²) in [4.78, 5) is 0. The van der Waals surface area contributed by atoms with E-state index in [-0.39, 0.29) is 11.6 Å². The molecule has 3 rings (SSSR count). The lowest BCUT2D eigenvalue weighted by atomic mass is 10.2. The van der Waals surface area contributed by atoms with Crippen LogP contribution in [0.5, 0.6) is 0 Å². The first-order valence-electron chi connectivity index (χ1n) is 9.91. The summed E-state index contributed by atoms with van der Waals surface area (Å²) in [5.41, 5.74) is 1.06. The second-order valence-electron chi connectivity index (χ2n) is 8.81. The summed E-state index contributed by atoms with van der Waals surface area (Å²) in [6.45, 7) is 9.89. The Labute approximate surface area is 165 Å². The normalized spacial score (nSPS) is 20.6. The molecular formula is C24H32O2Si. The van der Waals surface area contributed by atoms with Gasteiger partial charge >= 0.3 is 0 Å². The number of hydrogen-bond donors (Lipinski definition) is 1. The zero-order chi connectivity index (χ0) is 19.5. The van der Waals surface area contributed by atoms with Crippen LogP contribution in [0.2, 0.25) is 5.04 Å². The van der Waals surface area contributed by atoms with Gasteiger partial charge in [0, 0.05) is 6.61 Å². The first-order valence-corrected chi connectivity index (χ1v) is 11.8. The molecule has 0 heterocycles. The molecule has 2 atom stereocenters. The SMILES string of the molecule is C/C(=C\[C@H]1C[C@H]1CO[Si](c1ccccc1)(c1ccccc1)C(C)(C)C)CO. The monoisotopic (exact) mass is 380 g/mol. The lowest BCUT2D eigenvalue weighted by Gasteiger charge is -2.43. The summed E-state index contributed by atoms with van der Waals surface area (Å²) in [5, 5.41) is 12.0. The molecule has 0 radical (unpaired) electrons. The fourth-order valence-electron chi connectivity index (χ4n) is 4.08. The maximum absolute atomic E-state index is 9.27. The number of aliphatic hydroxyl groups is 1. The molecular weight excluding hydrogens is 348 g/mol. The zero-order valence-electron chi connectivity index (χ0n) is 17.0. The van der Waals surface area contributed by atoms with Crippen molar-refractivity contribution in [3.05, 3.63) is 72.3 Å². The molecule has 1 fully saturated rings. The van der Waals surface area contributed by atoms with E-state index in [4.69, 9.17) is 4.43 Å². The van der Waals surface area contributed by atoms with Gasteiger partial charge < -0.3 is 9.53 Å². The minimum absolute atomic E-state index is 0.0247. The number of benzene rings is 2. The topological polar surface area (TPSA) is 29.5 Å². The van der Waals surface area contributed by atoms with Crippen molar-refractivity contribution in [3.63, 3.8) is 0 Å². The zero-order valence-corrected chi connectivity index (χ0v) is 18.0. The van der Waals surface area contributed by atoms with Crippen molar-refractivity contribution in [1.82, 2.24) is 0 Å². The van der Waals surface area contributed by atoms with Crippen LogP contribution in [-0.2, 0) is 4.43 Å². The van der Waals surface area contributed by atoms with Crippen molar-refractivity contribution in [1.29, 1.82) is 0 Å². The van der Waals surface area contributed by atoms with Gasteiger partial charge in [-0.1, -0.05) is 93.1 Å². The summed E-state index contributed by atoms with van der Waals surface area (Å²) >= 11 is 0. The summed E-state index contributed by atoms with van der Waals surface area (Å²) < 4.78 is 6.98. The van der Waals surface area contributed by atoms with E-state index in [0.717, 1.165) is 18.6 Å². The van der Waals surface area contributed by atoms with E-state index in [1.165, 1.54) is 10.4 Å². The highest BCUT2D eigenvalue weighted by molar-refractivity contribution is 6.99. The highest BCUT2D eigenvalue weighted by atomic mass is 28.4. The van der Waals surface area contributed by atoms with Crippen LogP contribution in [0.15, 0.2) is 72.3 Å². The van der Waals surface area contributed by atoms with Gasteiger partial charge in [0.1, 0.15) is 0 Å². The summed E-state index contributed by atoms with van der Waals surface area (Å²) in [6.07, 6.45) is 3.38. The van der Waals surface area contributed by atoms with Crippen LogP contribution in [0.25, 0.3) is 0 Å². The van der Waals surface area contributed by atoms with Crippen molar-refractivity contribution in [2.75, 3.05) is 13.2 Å². The molecule has 27 heavy (non-hydrogen) atoms. The van der Waals surface area contributed by atoms with Crippen LogP contribution in [0.4, 0.5) is 0 Å². The van der Waals surface area contributed by atoms with Crippen LogP contribution in [-0.4, -0.2) is 26.6 Å². The molecule has 1 aliphatic rings. The van der Waals surface area contributed by atoms with E-state index < -0.39 is 8.32 Å². The molecule has 144 valence electrons. The smallest absolute Gasteiger partial charge is 0.261 e. The second kappa shape index (κ2) is 8.13. The summed E-state index contributed by atoms with van der Waals surface area (Å²) in [7, 11) is -2.42. The van der Waals surface area contributed by atoms with Crippen LogP contribution >= 0.6 is 0 Å². The fourth-order valence-corrected chi connectivity index (χ4v) is 8.70. The van der Waals surface area contributed by atoms with Crippen LogP contribution in [0.1, 0.15) is 34.1 Å². The van der Waals surface area contributed by atoms with E-state index in [9.17, 15) is 5.11 Å². The van der Waals surface area contributed by atoms with E-state index in [1.807, 2.05) is 6.92 Å². The molecule has 0 unspecified atom stereocenters. The largest absolute Gasteiger partial charge is 0.407 e. The van der Waals surface area contributed by atoms with Gasteiger partial charge in [-0.25, -0.2) is 0 Å². The van der Waals surface area contributed by atoms with E-state index in [1.54, 1.807) is 0 Å². The summed E-state index contributed by atoms with van der Waals surface area (Å²) in [5.74, 6) is 1.11. The molecule has 1 aliphatic carbocycles. The third-order valence-corrected chi connectivity index (χ3v) is 10.7. The Morgan fingerprint density at radius 2 is 1.56 bits per heavy atom. The Bertz CT molecular complexity index is 722. The third-order valence-electron chi connectivity index (χ3n) is 5.66. The Morgan fingerprint density at radius 3 is 2.00 bits per heavy atom. The molecule has 0 amide bonds. The molecule has 0 aromatic heterocycles. The van der Waals surface area contributed by atoms with Crippen molar-refractivity contribution >= 4 is 18.7 Å². The summed E-state index contributed by atoms with van der Waals surface area (Å²) in [6, 6.07) is 21.6. The van der Waals surface area contributed by atoms with Crippen molar-refractivity contribution < 1.29 is 9.53 Å². The molecule has 0 aliphatic heterocycles. The predicted octanol–water partition coefficient (Wildman–Crippen LogP) is 4.14. The first kappa shape index (κ1) is 20.1. The van der Waals surface area contributed by atoms with Gasteiger partial charge in [-0.3, -0.25) is 0 Å². The van der Waals surface area contributed by atoms with Gasteiger partial charge in [0.25, 0.3) is 8.32 Å². The number of aliphatic hydroxyl groups excluding tert-OH is 1. The predicted molar refractivity (Wildman–Crippen MR) is 116 cm³/mol. The molecule has 3 heteroatoms. The molecule has 1 saturated carbocycles. The third kappa shape index (κ3) is 4.26. The number of allylic oxidation sites excluding steroid dienone is 1. The van der Waals surface area contributed by atoms with Gasteiger partial charge in [-0.15, -0.1) is 0 Å². The second-order valence-corrected chi connectivity index (χ2v) is 13.1. The van der Waals surface area contributed by atoms with Gasteiger partial charge in [-0.2, -0.15) is 0 Å². The Balaban J connectivity index is 1.93. The molecule has 2 aromatic rings. The van der Waals surface area contributed by atoms with Gasteiger partial charge in [0.2, 0.25) is 0 Å². The Morgan fingerprint density at radius 1 is 1.04 bits per heavy atom. The average molecular weight is 381 g/mol. The molecule has 0 spiro atoms. The van der Waals surface area contributed by atoms with Crippen molar-refractivity contribution in [3.8, 4) is 0 Å². The minimum atomic E-state index is -2.42. The highest BCUT2D eigenvalue weighted by Gasteiger charge is 2.51. The van der Waals surface area contributed by atoms with E-state index in [0.29, 0.717) is 11.8 Å². The molecule has 2 aromatic carbocycles. The highest BCUT2D eigenvalue weighted by Crippen LogP contribution is 2.43. The number of rotatable bonds is 7. The molecule has 0 saturated heterocycles. The van der Waals surface area contributed by atoms with Gasteiger partial charge in [0.15, 0.2) is 0 Å². The Kier molecular flexibility index (Phi) is 6.04. The van der Waals surface area contributed by atoms with Gasteiger partial charge in [0.05, 0.1) is 6.61 Å². The van der Waals surface area contributed by atoms with Crippen molar-refractivity contribution in [2.24, 2.45) is 11.8 Å². The fraction of sp³-hybridized carbons (Fsp3) is 0.417. The van der Waals surface area contributed by atoms with Crippen LogP contribution < -0.4 is 10.4 Å². The van der Waals surface area contributed by atoms with Gasteiger partial charge in [-0.05, 0) is 40.6 Å². The molecule has 1 N–H and O–H groups in total. The molecule has 0 bridgehead atoms. The standard InChI is InChI=1S/C24H32O2Si/c1-19(17-25)15-20-16-21(20)18-26-27(24(2,3)4,22-11-7-5-8-12-22)23-13-9-6-10-14-23/h5-15,20-21,25H,16-18H2,1-4H3/b19-15+/t20-,21-/m0/s1. The maximum Gasteiger partial charge on any atom is 0.261 e. The minimum Gasteiger partial charge on any atom is -0.407 e. The average Bonchev–Trinajstić information content (AvgIpc) is 3.40.